The quantitative estimate of drug-likeness (QED) is 0.169. The van der Waals surface area contributed by atoms with E-state index in [1.807, 2.05) is 30.3 Å². The van der Waals surface area contributed by atoms with Crippen molar-refractivity contribution in [3.63, 3.8) is 0 Å². The third-order valence-electron chi connectivity index (χ3n) is 6.60. The van der Waals surface area contributed by atoms with E-state index in [2.05, 4.69) is 5.32 Å². The molecule has 41 heavy (non-hydrogen) atoms. The summed E-state index contributed by atoms with van der Waals surface area (Å²) in [6, 6.07) is 9.72. The van der Waals surface area contributed by atoms with Gasteiger partial charge >= 0.3 is 0 Å². The topological polar surface area (TPSA) is 185 Å². The molecular formula is C27H34N4O10. The molecule has 1 unspecified atom stereocenters. The minimum absolute atomic E-state index is 0.00744. The van der Waals surface area contributed by atoms with Crippen molar-refractivity contribution >= 4 is 23.6 Å². The highest BCUT2D eigenvalue weighted by Crippen LogP contribution is 2.38. The lowest BCUT2D eigenvalue weighted by molar-refractivity contribution is -0.143. The molecular weight excluding hydrogens is 540 g/mol. The van der Waals surface area contributed by atoms with Crippen molar-refractivity contribution in [3.05, 3.63) is 53.6 Å². The second-order valence-electron chi connectivity index (χ2n) is 9.15. The van der Waals surface area contributed by atoms with Crippen LogP contribution in [0.3, 0.4) is 0 Å². The Balaban J connectivity index is 1.84. The van der Waals surface area contributed by atoms with Gasteiger partial charge in [-0.05, 0) is 24.1 Å². The Morgan fingerprint density at radius 3 is 2.20 bits per heavy atom. The Morgan fingerprint density at radius 2 is 1.63 bits per heavy atom. The summed E-state index contributed by atoms with van der Waals surface area (Å²) in [5.41, 5.74) is 4.03. The molecule has 0 radical (unpaired) electrons. The van der Waals surface area contributed by atoms with Crippen LogP contribution in [0.4, 0.5) is 0 Å². The molecule has 14 nitrogen and oxygen atoms in total. The summed E-state index contributed by atoms with van der Waals surface area (Å²) in [6.07, 6.45) is -0.980. The smallest absolute Gasteiger partial charge is 0.266 e. The highest BCUT2D eigenvalue weighted by molar-refractivity contribution is 5.99. The summed E-state index contributed by atoms with van der Waals surface area (Å²) in [5.74, 6) is -2.32. The number of carbonyl (C=O) groups is 4. The number of likely N-dealkylation sites (tertiary alicyclic amines) is 1. The van der Waals surface area contributed by atoms with Gasteiger partial charge in [-0.3, -0.25) is 29.6 Å². The molecule has 0 bridgehead atoms. The summed E-state index contributed by atoms with van der Waals surface area (Å²) < 4.78 is 21.8. The lowest BCUT2D eigenvalue weighted by Crippen LogP contribution is -2.53. The Kier molecular flexibility index (Phi) is 11.3. The second kappa shape index (κ2) is 14.8. The Hall–Kier alpha value is -4.40. The Morgan fingerprint density at radius 1 is 0.976 bits per heavy atom. The van der Waals surface area contributed by atoms with Crippen molar-refractivity contribution in [1.29, 1.82) is 0 Å². The maximum atomic E-state index is 13.7. The molecule has 3 atom stereocenters. The zero-order valence-corrected chi connectivity index (χ0v) is 22.9. The van der Waals surface area contributed by atoms with Crippen molar-refractivity contribution < 1.29 is 48.5 Å². The molecule has 2 aromatic rings. The largest absolute Gasteiger partial charge is 0.493 e. The molecule has 1 aliphatic heterocycles. The van der Waals surface area contributed by atoms with E-state index in [9.17, 15) is 24.4 Å². The summed E-state index contributed by atoms with van der Waals surface area (Å²) in [6.45, 7) is 0.228. The van der Waals surface area contributed by atoms with Gasteiger partial charge in [-0.15, -0.1) is 0 Å². The minimum atomic E-state index is -1.29. The molecule has 2 aromatic carbocycles. The molecule has 5 N–H and O–H groups in total. The number of nitrogens with zero attached hydrogens (tertiary/aromatic N) is 1. The number of methoxy groups -OCH3 is 3. The van der Waals surface area contributed by atoms with Crippen LogP contribution in [0.2, 0.25) is 0 Å². The normalized spacial score (nSPS) is 16.9. The SMILES string of the molecule is COc1cc(C(=O)N[C@H](CCC(=O)NO)C(=O)N2CC(OCc3ccccc3)C[C@H]2C(=O)NO)cc(OC)c1OC. The first-order valence-electron chi connectivity index (χ1n) is 12.7. The van der Waals surface area contributed by atoms with Gasteiger partial charge in [-0.2, -0.15) is 0 Å². The van der Waals surface area contributed by atoms with E-state index in [-0.39, 0.29) is 55.2 Å². The highest BCUT2D eigenvalue weighted by Gasteiger charge is 2.42. The average molecular weight is 575 g/mol. The molecule has 1 aliphatic rings. The molecule has 1 heterocycles. The zero-order chi connectivity index (χ0) is 29.9. The summed E-state index contributed by atoms with van der Waals surface area (Å²) in [4.78, 5) is 52.5. The van der Waals surface area contributed by atoms with Gasteiger partial charge in [-0.1, -0.05) is 30.3 Å². The van der Waals surface area contributed by atoms with Gasteiger partial charge in [-0.25, -0.2) is 11.0 Å². The van der Waals surface area contributed by atoms with E-state index in [0.29, 0.717) is 0 Å². The van der Waals surface area contributed by atoms with E-state index in [0.717, 1.165) is 5.56 Å². The minimum Gasteiger partial charge on any atom is -0.493 e. The van der Waals surface area contributed by atoms with Crippen molar-refractivity contribution in [2.45, 2.75) is 44.1 Å². The number of nitrogens with one attached hydrogen (secondary N) is 3. The van der Waals surface area contributed by atoms with Crippen molar-refractivity contribution in [3.8, 4) is 17.2 Å². The van der Waals surface area contributed by atoms with Crippen LogP contribution in [0.5, 0.6) is 17.2 Å². The predicted octanol–water partition coefficient (Wildman–Crippen LogP) is 0.788. The van der Waals surface area contributed by atoms with E-state index in [1.165, 1.54) is 43.8 Å². The second-order valence-corrected chi connectivity index (χ2v) is 9.15. The first-order chi connectivity index (χ1) is 19.8. The highest BCUT2D eigenvalue weighted by atomic mass is 16.5. The maximum absolute atomic E-state index is 13.7. The maximum Gasteiger partial charge on any atom is 0.266 e. The van der Waals surface area contributed by atoms with Crippen LogP contribution in [0.15, 0.2) is 42.5 Å². The molecule has 1 fully saturated rings. The first-order valence-corrected chi connectivity index (χ1v) is 12.7. The van der Waals surface area contributed by atoms with Crippen LogP contribution in [0, 0.1) is 0 Å². The Bertz CT molecular complexity index is 1200. The van der Waals surface area contributed by atoms with Gasteiger partial charge in [0.25, 0.3) is 11.8 Å². The molecule has 4 amide bonds. The lowest BCUT2D eigenvalue weighted by Gasteiger charge is -2.28. The van der Waals surface area contributed by atoms with Gasteiger partial charge in [0, 0.05) is 24.9 Å². The van der Waals surface area contributed by atoms with Crippen molar-refractivity contribution in [1.82, 2.24) is 21.2 Å². The van der Waals surface area contributed by atoms with Crippen LogP contribution >= 0.6 is 0 Å². The monoisotopic (exact) mass is 574 g/mol. The molecule has 0 aliphatic carbocycles. The van der Waals surface area contributed by atoms with E-state index in [1.54, 1.807) is 5.48 Å². The fourth-order valence-electron chi connectivity index (χ4n) is 4.52. The van der Waals surface area contributed by atoms with E-state index in [4.69, 9.17) is 24.2 Å². The summed E-state index contributed by atoms with van der Waals surface area (Å²) >= 11 is 0. The van der Waals surface area contributed by atoms with Crippen LogP contribution in [0.1, 0.15) is 35.2 Å². The number of hydrogen-bond donors (Lipinski definition) is 5. The molecule has 1 saturated heterocycles. The fourth-order valence-corrected chi connectivity index (χ4v) is 4.52. The number of rotatable bonds is 13. The molecule has 0 aromatic heterocycles. The number of carbonyl (C=O) groups excluding carboxylic acids is 4. The van der Waals surface area contributed by atoms with Gasteiger partial charge in [0.2, 0.25) is 17.6 Å². The summed E-state index contributed by atoms with van der Waals surface area (Å²) in [5, 5.41) is 20.8. The van der Waals surface area contributed by atoms with Gasteiger partial charge in [0.1, 0.15) is 12.1 Å². The van der Waals surface area contributed by atoms with Crippen molar-refractivity contribution in [2.75, 3.05) is 27.9 Å². The van der Waals surface area contributed by atoms with Gasteiger partial charge in [0.05, 0.1) is 34.0 Å². The molecule has 14 heteroatoms. The zero-order valence-electron chi connectivity index (χ0n) is 22.9. The van der Waals surface area contributed by atoms with Crippen LogP contribution < -0.4 is 30.5 Å². The standard InChI is InChI=1S/C27H34N4O10/c1-38-21-11-17(12-22(39-2)24(21)40-3)25(33)28-19(9-10-23(32)29-36)27(35)31-14-18(13-20(31)26(34)30-37)41-15-16-7-5-4-6-8-16/h4-8,11-12,18-20,36-37H,9-10,13-15H2,1-3H3,(H,28,33)(H,29,32)(H,30,34)/t18?,19-,20+/m1/s1. The first kappa shape index (κ1) is 31.1. The molecule has 0 saturated carbocycles. The fraction of sp³-hybridized carbons (Fsp3) is 0.407. The van der Waals surface area contributed by atoms with Gasteiger partial charge in [0.15, 0.2) is 11.5 Å². The predicted molar refractivity (Wildman–Crippen MR) is 142 cm³/mol. The molecule has 0 spiro atoms. The number of ether oxygens (including phenoxy) is 4. The third kappa shape index (κ3) is 7.84. The molecule has 222 valence electrons. The lowest BCUT2D eigenvalue weighted by atomic mass is 10.1. The van der Waals surface area contributed by atoms with E-state index < -0.39 is 41.8 Å². The third-order valence-corrected chi connectivity index (χ3v) is 6.60. The van der Waals surface area contributed by atoms with Crippen LogP contribution in [0.25, 0.3) is 0 Å². The van der Waals surface area contributed by atoms with Crippen molar-refractivity contribution in [2.24, 2.45) is 0 Å². The number of amides is 4. The van der Waals surface area contributed by atoms with Crippen LogP contribution in [-0.4, -0.2) is 85.0 Å². The number of hydrogen-bond acceptors (Lipinski definition) is 10. The van der Waals surface area contributed by atoms with E-state index >= 15 is 0 Å². The average Bonchev–Trinajstić information content (AvgIpc) is 3.44. The number of benzene rings is 2. The molecule has 3 rings (SSSR count). The summed E-state index contributed by atoms with van der Waals surface area (Å²) in [7, 11) is 4.18. The van der Waals surface area contributed by atoms with Crippen LogP contribution in [-0.2, 0) is 25.7 Å². The number of hydroxylamine groups is 2. The Labute approximate surface area is 236 Å². The van der Waals surface area contributed by atoms with Gasteiger partial charge < -0.3 is 29.2 Å².